The highest BCUT2D eigenvalue weighted by Crippen LogP contribution is 2.37. The molecule has 0 unspecified atom stereocenters. The third kappa shape index (κ3) is 2.10. The standard InChI is InChI=1S/C20H16FN3O5/c1-3-20(28)12-5-13-15-14(7-24(13)18(26)11(12)8-29-19(20)27)23(2)17-10(16(15)25)4-9(21)6-22-17/h4-6,28H,3,7-8H2,1-2H3/t20-/m0/s1. The molecule has 3 aromatic heterocycles. The fourth-order valence-electron chi connectivity index (χ4n) is 4.29. The summed E-state index contributed by atoms with van der Waals surface area (Å²) in [5.74, 6) is -1.47. The second-order valence-electron chi connectivity index (χ2n) is 7.34. The largest absolute Gasteiger partial charge is 0.458 e. The summed E-state index contributed by atoms with van der Waals surface area (Å²) in [5.41, 5.74) is -1.12. The molecule has 2 aliphatic heterocycles. The van der Waals surface area contributed by atoms with Gasteiger partial charge in [0, 0.05) is 12.6 Å². The van der Waals surface area contributed by atoms with Gasteiger partial charge in [-0.3, -0.25) is 9.59 Å². The van der Waals surface area contributed by atoms with Gasteiger partial charge in [-0.1, -0.05) is 6.92 Å². The van der Waals surface area contributed by atoms with E-state index in [1.807, 2.05) is 0 Å². The first-order valence-corrected chi connectivity index (χ1v) is 9.12. The molecule has 0 saturated carbocycles. The number of carbonyl (C=O) groups excluding carboxylic acids is 1. The van der Waals surface area contributed by atoms with Gasteiger partial charge in [-0.05, 0) is 18.6 Å². The minimum absolute atomic E-state index is 0.0133. The number of nitrogens with zero attached hydrogens (tertiary/aromatic N) is 3. The molecule has 5 rings (SSSR count). The number of aryl methyl sites for hydroxylation is 1. The van der Waals surface area contributed by atoms with Crippen LogP contribution in [0.5, 0.6) is 0 Å². The zero-order valence-electron chi connectivity index (χ0n) is 15.7. The molecule has 0 spiro atoms. The summed E-state index contributed by atoms with van der Waals surface area (Å²) in [7, 11) is 1.69. The van der Waals surface area contributed by atoms with Crippen LogP contribution in [0.25, 0.3) is 22.3 Å². The van der Waals surface area contributed by atoms with Crippen LogP contribution >= 0.6 is 0 Å². The van der Waals surface area contributed by atoms with Crippen molar-refractivity contribution < 1.29 is 19.0 Å². The van der Waals surface area contributed by atoms with Gasteiger partial charge in [0.05, 0.1) is 40.6 Å². The highest BCUT2D eigenvalue weighted by atomic mass is 19.1. The molecule has 8 nitrogen and oxygen atoms in total. The van der Waals surface area contributed by atoms with Crippen molar-refractivity contribution in [3.8, 4) is 11.3 Å². The van der Waals surface area contributed by atoms with E-state index < -0.39 is 28.4 Å². The summed E-state index contributed by atoms with van der Waals surface area (Å²) >= 11 is 0. The molecule has 0 amide bonds. The van der Waals surface area contributed by atoms with Crippen LogP contribution in [0.1, 0.15) is 30.2 Å². The Morgan fingerprint density at radius 1 is 1.31 bits per heavy atom. The van der Waals surface area contributed by atoms with Crippen molar-refractivity contribution in [1.82, 2.24) is 14.1 Å². The molecule has 0 fully saturated rings. The van der Waals surface area contributed by atoms with E-state index in [0.717, 1.165) is 12.3 Å². The first-order valence-electron chi connectivity index (χ1n) is 9.12. The van der Waals surface area contributed by atoms with Crippen LogP contribution in [0.4, 0.5) is 4.39 Å². The number of hydrogen-bond donors (Lipinski definition) is 1. The summed E-state index contributed by atoms with van der Waals surface area (Å²) in [5, 5.41) is 11.0. The van der Waals surface area contributed by atoms with E-state index in [1.54, 1.807) is 18.5 Å². The minimum Gasteiger partial charge on any atom is -0.458 e. The van der Waals surface area contributed by atoms with E-state index in [-0.39, 0.29) is 47.3 Å². The van der Waals surface area contributed by atoms with Crippen molar-refractivity contribution in [3.63, 3.8) is 0 Å². The molecular weight excluding hydrogens is 381 g/mol. The van der Waals surface area contributed by atoms with E-state index in [9.17, 15) is 23.9 Å². The van der Waals surface area contributed by atoms with Crippen molar-refractivity contribution in [3.05, 3.63) is 61.5 Å². The Labute approximate surface area is 162 Å². The maximum absolute atomic E-state index is 13.7. The number of halogens is 1. The Morgan fingerprint density at radius 3 is 2.79 bits per heavy atom. The molecule has 1 N–H and O–H groups in total. The number of ether oxygens (including phenoxy) is 1. The zero-order valence-corrected chi connectivity index (χ0v) is 15.7. The Bertz CT molecular complexity index is 1370. The number of fused-ring (bicyclic) bond motifs is 5. The maximum atomic E-state index is 13.7. The number of carbonyl (C=O) groups is 1. The van der Waals surface area contributed by atoms with Gasteiger partial charge in [0.25, 0.3) is 5.56 Å². The average Bonchev–Trinajstić information content (AvgIpc) is 3.10. The number of aliphatic hydroxyl groups is 1. The van der Waals surface area contributed by atoms with E-state index >= 15 is 0 Å². The third-order valence-electron chi connectivity index (χ3n) is 5.92. The highest BCUT2D eigenvalue weighted by molar-refractivity contribution is 5.86. The topological polar surface area (TPSA) is 103 Å². The third-order valence-corrected chi connectivity index (χ3v) is 5.92. The van der Waals surface area contributed by atoms with Gasteiger partial charge in [0.1, 0.15) is 18.1 Å². The van der Waals surface area contributed by atoms with Gasteiger partial charge in [0.2, 0.25) is 5.43 Å². The fraction of sp³-hybridized carbons (Fsp3) is 0.300. The summed E-state index contributed by atoms with van der Waals surface area (Å²) in [6, 6.07) is 2.62. The van der Waals surface area contributed by atoms with E-state index in [2.05, 4.69) is 4.98 Å². The number of rotatable bonds is 1. The van der Waals surface area contributed by atoms with Crippen LogP contribution in [-0.2, 0) is 35.3 Å². The smallest absolute Gasteiger partial charge is 0.343 e. The van der Waals surface area contributed by atoms with Gasteiger partial charge in [-0.2, -0.15) is 0 Å². The Morgan fingerprint density at radius 2 is 2.07 bits per heavy atom. The van der Waals surface area contributed by atoms with E-state index in [4.69, 9.17) is 4.74 Å². The zero-order chi connectivity index (χ0) is 20.7. The van der Waals surface area contributed by atoms with E-state index in [0.29, 0.717) is 11.3 Å². The van der Waals surface area contributed by atoms with Crippen molar-refractivity contribution in [1.29, 1.82) is 0 Å². The van der Waals surface area contributed by atoms with Gasteiger partial charge < -0.3 is 19.0 Å². The summed E-state index contributed by atoms with van der Waals surface area (Å²) in [4.78, 5) is 42.5. The summed E-state index contributed by atoms with van der Waals surface area (Å²) < 4.78 is 21.8. The predicted octanol–water partition coefficient (Wildman–Crippen LogP) is 0.917. The summed E-state index contributed by atoms with van der Waals surface area (Å²) in [6.45, 7) is 1.49. The molecule has 2 aliphatic rings. The first-order chi connectivity index (χ1) is 13.8. The van der Waals surface area contributed by atoms with Gasteiger partial charge in [0.15, 0.2) is 5.60 Å². The quantitative estimate of drug-likeness (QED) is 0.479. The van der Waals surface area contributed by atoms with Crippen molar-refractivity contribution in [2.24, 2.45) is 7.05 Å². The molecule has 0 saturated heterocycles. The lowest BCUT2D eigenvalue weighted by atomic mass is 9.86. The molecule has 0 aliphatic carbocycles. The van der Waals surface area contributed by atoms with E-state index in [1.165, 1.54) is 10.6 Å². The number of esters is 1. The molecule has 5 heterocycles. The lowest BCUT2D eigenvalue weighted by molar-refractivity contribution is -0.172. The average molecular weight is 397 g/mol. The number of pyridine rings is 3. The van der Waals surface area contributed by atoms with Crippen LogP contribution in [0.3, 0.4) is 0 Å². The Hall–Kier alpha value is -3.33. The minimum atomic E-state index is -1.96. The highest BCUT2D eigenvalue weighted by Gasteiger charge is 2.45. The van der Waals surface area contributed by atoms with Gasteiger partial charge >= 0.3 is 5.97 Å². The second-order valence-corrected chi connectivity index (χ2v) is 7.34. The molecule has 9 heteroatoms. The molecule has 148 valence electrons. The molecule has 1 atom stereocenters. The maximum Gasteiger partial charge on any atom is 0.343 e. The Kier molecular flexibility index (Phi) is 3.43. The molecule has 29 heavy (non-hydrogen) atoms. The molecular formula is C20H16FN3O5. The van der Waals surface area contributed by atoms with Crippen LogP contribution in [0.2, 0.25) is 0 Å². The number of hydrogen-bond acceptors (Lipinski definition) is 6. The molecule has 0 radical (unpaired) electrons. The van der Waals surface area contributed by atoms with Gasteiger partial charge in [-0.25, -0.2) is 14.2 Å². The fourth-order valence-corrected chi connectivity index (χ4v) is 4.29. The number of aromatic nitrogens is 3. The van der Waals surface area contributed by atoms with Crippen molar-refractivity contribution >= 4 is 17.0 Å². The second kappa shape index (κ2) is 5.60. The van der Waals surface area contributed by atoms with Crippen molar-refractivity contribution in [2.45, 2.75) is 32.1 Å². The molecule has 0 aromatic carbocycles. The van der Waals surface area contributed by atoms with Gasteiger partial charge in [-0.15, -0.1) is 0 Å². The lowest BCUT2D eigenvalue weighted by Gasteiger charge is -2.31. The summed E-state index contributed by atoms with van der Waals surface area (Å²) in [6.07, 6.45) is 1.05. The van der Waals surface area contributed by atoms with Crippen LogP contribution < -0.4 is 11.0 Å². The monoisotopic (exact) mass is 397 g/mol. The predicted molar refractivity (Wildman–Crippen MR) is 99.7 cm³/mol. The lowest BCUT2D eigenvalue weighted by Crippen LogP contribution is -2.44. The van der Waals surface area contributed by atoms with Crippen molar-refractivity contribution in [2.75, 3.05) is 0 Å². The van der Waals surface area contributed by atoms with Crippen LogP contribution in [-0.4, -0.2) is 25.2 Å². The van der Waals surface area contributed by atoms with Crippen LogP contribution in [0, 0.1) is 5.82 Å². The Balaban J connectivity index is 1.90. The number of cyclic esters (lactones) is 1. The van der Waals surface area contributed by atoms with Crippen LogP contribution in [0.15, 0.2) is 27.9 Å². The first kappa shape index (κ1) is 17.7. The normalized spacial score (nSPS) is 19.7. The molecule has 0 bridgehead atoms. The molecule has 3 aromatic rings. The SMILES string of the molecule is CC[C@@]1(O)C(=O)OCc2c1cc1n(c2=O)Cc2c-1c(=O)c1cc(F)cnc1n2C.